The summed E-state index contributed by atoms with van der Waals surface area (Å²) in [6, 6.07) is 11.6. The van der Waals surface area contributed by atoms with Crippen LogP contribution in [-0.2, 0) is 30.7 Å². The first-order valence-corrected chi connectivity index (χ1v) is 10.8. The van der Waals surface area contributed by atoms with Gasteiger partial charge in [0.25, 0.3) is 5.56 Å². The molecule has 152 valence electrons. The summed E-state index contributed by atoms with van der Waals surface area (Å²) in [5.74, 6) is -1.01. The molecular formula is C22H24N2O4S. The van der Waals surface area contributed by atoms with Crippen LogP contribution in [0.3, 0.4) is 0 Å². The van der Waals surface area contributed by atoms with Gasteiger partial charge >= 0.3 is 11.7 Å². The maximum Gasteiger partial charge on any atom is 0.332 e. The van der Waals surface area contributed by atoms with E-state index in [4.69, 9.17) is 0 Å². The number of hydrogen-bond donors (Lipinski definition) is 1. The molecule has 1 fully saturated rings. The summed E-state index contributed by atoms with van der Waals surface area (Å²) < 4.78 is 2.75. The Morgan fingerprint density at radius 2 is 1.93 bits per heavy atom. The summed E-state index contributed by atoms with van der Waals surface area (Å²) in [6.45, 7) is 1.91. The van der Waals surface area contributed by atoms with Crippen molar-refractivity contribution in [3.05, 3.63) is 67.7 Å². The molecule has 2 aromatic heterocycles. The summed E-state index contributed by atoms with van der Waals surface area (Å²) in [7, 11) is 0. The van der Waals surface area contributed by atoms with Crippen LogP contribution in [-0.4, -0.2) is 20.2 Å². The van der Waals surface area contributed by atoms with Gasteiger partial charge in [0, 0.05) is 18.0 Å². The normalized spacial score (nSPS) is 14.9. The number of carboxylic acids is 1. The maximum atomic E-state index is 13.2. The first kappa shape index (κ1) is 19.6. The molecule has 3 aromatic rings. The summed E-state index contributed by atoms with van der Waals surface area (Å²) in [4.78, 5) is 39.3. The van der Waals surface area contributed by atoms with Gasteiger partial charge in [-0.3, -0.25) is 18.7 Å². The molecule has 0 bridgehead atoms. The van der Waals surface area contributed by atoms with E-state index >= 15 is 0 Å². The third-order valence-electron chi connectivity index (χ3n) is 5.48. The van der Waals surface area contributed by atoms with Gasteiger partial charge in [0.1, 0.15) is 4.83 Å². The van der Waals surface area contributed by atoms with Gasteiger partial charge in [0.15, 0.2) is 0 Å². The molecule has 1 unspecified atom stereocenters. The first-order valence-electron chi connectivity index (χ1n) is 9.97. The van der Waals surface area contributed by atoms with Crippen molar-refractivity contribution in [1.29, 1.82) is 0 Å². The highest BCUT2D eigenvalue weighted by atomic mass is 32.1. The van der Waals surface area contributed by atoms with Crippen LogP contribution in [0.5, 0.6) is 0 Å². The van der Waals surface area contributed by atoms with Gasteiger partial charge in [0.05, 0.1) is 11.3 Å². The number of aromatic nitrogens is 2. The molecule has 1 N–H and O–H groups in total. The molecule has 1 aliphatic carbocycles. The fourth-order valence-electron chi connectivity index (χ4n) is 3.55. The summed E-state index contributed by atoms with van der Waals surface area (Å²) in [5.41, 5.74) is 0.342. The fourth-order valence-corrected chi connectivity index (χ4v) is 4.82. The Morgan fingerprint density at radius 3 is 2.59 bits per heavy atom. The highest BCUT2D eigenvalue weighted by Crippen LogP contribution is 2.35. The largest absolute Gasteiger partial charge is 0.481 e. The van der Waals surface area contributed by atoms with E-state index in [1.165, 1.54) is 33.3 Å². The van der Waals surface area contributed by atoms with Gasteiger partial charge < -0.3 is 5.11 Å². The van der Waals surface area contributed by atoms with Crippen LogP contribution in [0.25, 0.3) is 10.2 Å². The maximum absolute atomic E-state index is 13.2. The molecule has 0 amide bonds. The van der Waals surface area contributed by atoms with Crippen LogP contribution >= 0.6 is 11.3 Å². The van der Waals surface area contributed by atoms with E-state index in [0.717, 1.165) is 16.9 Å². The zero-order valence-electron chi connectivity index (χ0n) is 16.3. The van der Waals surface area contributed by atoms with Gasteiger partial charge in [-0.2, -0.15) is 0 Å². The quantitative estimate of drug-likeness (QED) is 0.616. The van der Waals surface area contributed by atoms with Gasteiger partial charge in [-0.15, -0.1) is 11.3 Å². The Morgan fingerprint density at radius 1 is 1.21 bits per heavy atom. The number of carboxylic acid groups (broad SMARTS) is 1. The second-order valence-electron chi connectivity index (χ2n) is 7.90. The number of fused-ring (bicyclic) bond motifs is 1. The van der Waals surface area contributed by atoms with Crippen LogP contribution in [0.15, 0.2) is 46.0 Å². The molecule has 4 rings (SSSR count). The highest BCUT2D eigenvalue weighted by Gasteiger charge is 2.25. The highest BCUT2D eigenvalue weighted by molar-refractivity contribution is 7.18. The summed E-state index contributed by atoms with van der Waals surface area (Å²) >= 11 is 1.45. The predicted molar refractivity (Wildman–Crippen MR) is 114 cm³/mol. The molecule has 0 spiro atoms. The van der Waals surface area contributed by atoms with E-state index in [-0.39, 0.29) is 18.6 Å². The molecule has 29 heavy (non-hydrogen) atoms. The molecule has 6 nitrogen and oxygen atoms in total. The molecular weight excluding hydrogens is 388 g/mol. The lowest BCUT2D eigenvalue weighted by molar-refractivity contribution is -0.141. The number of thiophene rings is 1. The minimum atomic E-state index is -0.957. The summed E-state index contributed by atoms with van der Waals surface area (Å²) in [6.07, 6.45) is 3.90. The summed E-state index contributed by atoms with van der Waals surface area (Å²) in [5, 5.41) is 9.86. The topological polar surface area (TPSA) is 81.3 Å². The number of benzene rings is 1. The Kier molecular flexibility index (Phi) is 5.41. The first-order chi connectivity index (χ1) is 13.9. The number of carbonyl (C=O) groups is 1. The lowest BCUT2D eigenvalue weighted by atomic mass is 10.1. The van der Waals surface area contributed by atoms with Gasteiger partial charge in [0.2, 0.25) is 0 Å². The van der Waals surface area contributed by atoms with Crippen molar-refractivity contribution >= 4 is 27.5 Å². The van der Waals surface area contributed by atoms with Crippen molar-refractivity contribution < 1.29 is 9.90 Å². The minimum absolute atomic E-state index is 0.0552. The molecule has 1 aliphatic rings. The van der Waals surface area contributed by atoms with Crippen molar-refractivity contribution in [2.75, 3.05) is 0 Å². The Labute approximate surface area is 172 Å². The third kappa shape index (κ3) is 4.19. The second-order valence-corrected chi connectivity index (χ2v) is 9.02. The van der Waals surface area contributed by atoms with E-state index in [9.17, 15) is 19.5 Å². The van der Waals surface area contributed by atoms with Crippen molar-refractivity contribution in [3.8, 4) is 0 Å². The van der Waals surface area contributed by atoms with Crippen molar-refractivity contribution in [3.63, 3.8) is 0 Å². The zero-order chi connectivity index (χ0) is 20.5. The van der Waals surface area contributed by atoms with Gasteiger partial charge in [-0.25, -0.2) is 4.79 Å². The van der Waals surface area contributed by atoms with E-state index < -0.39 is 17.6 Å². The molecule has 0 aliphatic heterocycles. The Balaban J connectivity index is 1.78. The second kappa shape index (κ2) is 7.99. The van der Waals surface area contributed by atoms with Crippen LogP contribution in [0.2, 0.25) is 0 Å². The predicted octanol–water partition coefficient (Wildman–Crippen LogP) is 3.14. The van der Waals surface area contributed by atoms with E-state index in [1.807, 2.05) is 36.4 Å². The Bertz CT molecular complexity index is 1160. The number of hydrogen-bond acceptors (Lipinski definition) is 4. The lowest BCUT2D eigenvalue weighted by Gasteiger charge is -2.14. The standard InChI is InChI=1S/C22H24N2O4S/c1-14(21(26)27)13-24-20-18(12-17(29-20)11-16-7-8-16)19(25)23(22(24)28)10-9-15-5-3-2-4-6-15/h2-6,12,14,16H,7-11,13H2,1H3,(H,26,27). The third-order valence-corrected chi connectivity index (χ3v) is 6.66. The van der Waals surface area contributed by atoms with Crippen LogP contribution in [0.1, 0.15) is 30.2 Å². The van der Waals surface area contributed by atoms with E-state index in [1.54, 1.807) is 6.92 Å². The van der Waals surface area contributed by atoms with Crippen LogP contribution in [0, 0.1) is 11.8 Å². The minimum Gasteiger partial charge on any atom is -0.481 e. The van der Waals surface area contributed by atoms with Gasteiger partial charge in [-0.1, -0.05) is 37.3 Å². The van der Waals surface area contributed by atoms with Crippen molar-refractivity contribution in [2.24, 2.45) is 11.8 Å². The lowest BCUT2D eigenvalue weighted by Crippen LogP contribution is -2.41. The van der Waals surface area contributed by atoms with E-state index in [0.29, 0.717) is 22.6 Å². The smallest absolute Gasteiger partial charge is 0.332 e. The molecule has 0 radical (unpaired) electrons. The molecule has 0 saturated heterocycles. The molecule has 1 aromatic carbocycles. The van der Waals surface area contributed by atoms with Crippen molar-refractivity contribution in [2.45, 2.75) is 45.7 Å². The van der Waals surface area contributed by atoms with Crippen molar-refractivity contribution in [1.82, 2.24) is 9.13 Å². The molecule has 2 heterocycles. The van der Waals surface area contributed by atoms with Crippen LogP contribution in [0.4, 0.5) is 0 Å². The van der Waals surface area contributed by atoms with Gasteiger partial charge in [-0.05, 0) is 43.2 Å². The molecule has 7 heteroatoms. The monoisotopic (exact) mass is 412 g/mol. The molecule has 1 saturated carbocycles. The average Bonchev–Trinajstić information content (AvgIpc) is 3.42. The van der Waals surface area contributed by atoms with Crippen LogP contribution < -0.4 is 11.2 Å². The van der Waals surface area contributed by atoms with E-state index in [2.05, 4.69) is 0 Å². The SMILES string of the molecule is CC(Cn1c(=O)n(CCc2ccccc2)c(=O)c2cc(CC3CC3)sc21)C(=O)O. The fraction of sp³-hybridized carbons (Fsp3) is 0.409. The molecule has 1 atom stereocenters. The zero-order valence-corrected chi connectivity index (χ0v) is 17.2. The number of aliphatic carboxylic acids is 1. The number of aryl methyl sites for hydroxylation is 1. The average molecular weight is 413 g/mol. The Hall–Kier alpha value is -2.67. The number of rotatable bonds is 8. The number of nitrogens with zero attached hydrogens (tertiary/aromatic N) is 2.